The number of rotatable bonds is 6. The van der Waals surface area contributed by atoms with Crippen LogP contribution in [0.15, 0.2) is 81.1 Å². The molecule has 0 fully saturated rings. The number of aromatic nitrogens is 2. The van der Waals surface area contributed by atoms with E-state index in [1.165, 1.54) is 16.8 Å². The number of halogens is 1. The Balaban J connectivity index is 1.49. The van der Waals surface area contributed by atoms with Gasteiger partial charge in [-0.25, -0.2) is 4.98 Å². The molecule has 0 N–H and O–H groups in total. The molecule has 8 nitrogen and oxygen atoms in total. The molecule has 1 aromatic heterocycles. The van der Waals surface area contributed by atoms with Crippen molar-refractivity contribution in [2.24, 2.45) is 5.10 Å². The van der Waals surface area contributed by atoms with Crippen LogP contribution in [0.4, 0.5) is 5.69 Å². The second-order valence-corrected chi connectivity index (χ2v) is 7.88. The van der Waals surface area contributed by atoms with Crippen LogP contribution in [0, 0.1) is 17.0 Å². The first kappa shape index (κ1) is 21.4. The maximum Gasteiger partial charge on any atom is 0.282 e. The molecule has 1 heterocycles. The Kier molecular flexibility index (Phi) is 6.09. The molecule has 0 aliphatic rings. The van der Waals surface area contributed by atoms with Crippen molar-refractivity contribution in [2.45, 2.75) is 13.5 Å². The Labute approximate surface area is 191 Å². The van der Waals surface area contributed by atoms with Gasteiger partial charge in [0.1, 0.15) is 18.2 Å². The highest BCUT2D eigenvalue weighted by Gasteiger charge is 2.08. The van der Waals surface area contributed by atoms with Gasteiger partial charge in [0.2, 0.25) is 0 Å². The molecule has 3 aromatic carbocycles. The van der Waals surface area contributed by atoms with Gasteiger partial charge in [0.05, 0.1) is 22.0 Å². The molecule has 0 saturated heterocycles. The molecular weight excluding hydrogens is 476 g/mol. The van der Waals surface area contributed by atoms with E-state index in [1.54, 1.807) is 61.7 Å². The summed E-state index contributed by atoms with van der Waals surface area (Å²) in [6.07, 6.45) is 1.57. The number of nitrogens with zero attached hydrogens (tertiary/aromatic N) is 4. The van der Waals surface area contributed by atoms with Gasteiger partial charge in [-0.1, -0.05) is 28.1 Å². The summed E-state index contributed by atoms with van der Waals surface area (Å²) in [5.41, 5.74) is 1.87. The number of fused-ring (bicyclic) bond motifs is 1. The van der Waals surface area contributed by atoms with Crippen molar-refractivity contribution in [3.63, 3.8) is 0 Å². The molecule has 0 aliphatic carbocycles. The van der Waals surface area contributed by atoms with E-state index >= 15 is 0 Å². The second-order valence-electron chi connectivity index (χ2n) is 6.97. The number of non-ortho nitro benzene ring substituents is 1. The van der Waals surface area contributed by atoms with Gasteiger partial charge in [-0.3, -0.25) is 14.9 Å². The predicted molar refractivity (Wildman–Crippen MR) is 125 cm³/mol. The molecule has 0 bridgehead atoms. The van der Waals surface area contributed by atoms with Crippen LogP contribution < -0.4 is 10.3 Å². The van der Waals surface area contributed by atoms with Gasteiger partial charge in [0, 0.05) is 16.6 Å². The summed E-state index contributed by atoms with van der Waals surface area (Å²) in [5, 5.41) is 15.7. The lowest BCUT2D eigenvalue weighted by atomic mass is 10.2. The molecule has 32 heavy (non-hydrogen) atoms. The maximum atomic E-state index is 12.8. The molecule has 0 aliphatic heterocycles. The minimum absolute atomic E-state index is 0.0266. The Morgan fingerprint density at radius 3 is 2.69 bits per heavy atom. The molecule has 0 saturated carbocycles. The van der Waals surface area contributed by atoms with Gasteiger partial charge >= 0.3 is 0 Å². The Morgan fingerprint density at radius 2 is 1.94 bits per heavy atom. The van der Waals surface area contributed by atoms with E-state index in [-0.39, 0.29) is 17.9 Å². The Hall–Kier alpha value is -3.85. The summed E-state index contributed by atoms with van der Waals surface area (Å²) in [7, 11) is 0. The highest BCUT2D eigenvalue weighted by molar-refractivity contribution is 9.10. The second kappa shape index (κ2) is 9.11. The summed E-state index contributed by atoms with van der Waals surface area (Å²) in [6.45, 7) is 1.94. The standard InChI is InChI=1S/C23H17BrN4O4/c1-15-26-22-10-7-18(24)12-21(22)23(29)27(15)25-13-16-5-8-20(9-6-16)32-14-17-3-2-4-19(11-17)28(30)31/h2-13H,14H2,1H3. The summed E-state index contributed by atoms with van der Waals surface area (Å²) in [6, 6.07) is 18.8. The highest BCUT2D eigenvalue weighted by Crippen LogP contribution is 2.18. The van der Waals surface area contributed by atoms with E-state index in [0.29, 0.717) is 28.0 Å². The molecule has 0 amide bonds. The van der Waals surface area contributed by atoms with E-state index in [4.69, 9.17) is 4.74 Å². The molecule has 0 atom stereocenters. The van der Waals surface area contributed by atoms with Crippen molar-refractivity contribution in [1.82, 2.24) is 9.66 Å². The van der Waals surface area contributed by atoms with Crippen LogP contribution >= 0.6 is 15.9 Å². The van der Waals surface area contributed by atoms with Gasteiger partial charge in [-0.05, 0) is 60.5 Å². The third-order valence-electron chi connectivity index (χ3n) is 4.70. The fourth-order valence-corrected chi connectivity index (χ4v) is 3.46. The van der Waals surface area contributed by atoms with Crippen molar-refractivity contribution < 1.29 is 9.66 Å². The third kappa shape index (κ3) is 4.73. The molecule has 4 rings (SSSR count). The average Bonchev–Trinajstić information content (AvgIpc) is 2.79. The van der Waals surface area contributed by atoms with Crippen molar-refractivity contribution in [1.29, 1.82) is 0 Å². The Bertz CT molecular complexity index is 1400. The van der Waals surface area contributed by atoms with Crippen molar-refractivity contribution in [3.05, 3.63) is 109 Å². The van der Waals surface area contributed by atoms with Gasteiger partial charge in [-0.2, -0.15) is 9.78 Å². The lowest BCUT2D eigenvalue weighted by Gasteiger charge is -2.07. The molecule has 4 aromatic rings. The molecule has 0 radical (unpaired) electrons. The van der Waals surface area contributed by atoms with Crippen LogP contribution in [0.1, 0.15) is 17.0 Å². The smallest absolute Gasteiger partial charge is 0.282 e. The number of ether oxygens (including phenoxy) is 1. The first-order chi connectivity index (χ1) is 15.4. The zero-order valence-corrected chi connectivity index (χ0v) is 18.5. The fraction of sp³-hybridized carbons (Fsp3) is 0.0870. The van der Waals surface area contributed by atoms with Crippen molar-refractivity contribution >= 4 is 38.7 Å². The fourth-order valence-electron chi connectivity index (χ4n) is 3.10. The quantitative estimate of drug-likeness (QED) is 0.218. The molecule has 0 unspecified atom stereocenters. The van der Waals surface area contributed by atoms with Crippen LogP contribution in [0.25, 0.3) is 10.9 Å². The average molecular weight is 493 g/mol. The van der Waals surface area contributed by atoms with Crippen LogP contribution in [-0.4, -0.2) is 20.8 Å². The number of hydrogen-bond acceptors (Lipinski definition) is 6. The molecule has 160 valence electrons. The SMILES string of the molecule is Cc1nc2ccc(Br)cc2c(=O)n1N=Cc1ccc(OCc2cccc([N+](=O)[O-])c2)cc1. The lowest BCUT2D eigenvalue weighted by molar-refractivity contribution is -0.384. The van der Waals surface area contributed by atoms with Crippen LogP contribution in [-0.2, 0) is 6.61 Å². The van der Waals surface area contributed by atoms with Gasteiger partial charge in [0.25, 0.3) is 11.2 Å². The molecule has 0 spiro atoms. The number of hydrogen-bond donors (Lipinski definition) is 0. The Morgan fingerprint density at radius 1 is 1.16 bits per heavy atom. The third-order valence-corrected chi connectivity index (χ3v) is 5.19. The number of benzene rings is 3. The summed E-state index contributed by atoms with van der Waals surface area (Å²) in [5.74, 6) is 1.09. The summed E-state index contributed by atoms with van der Waals surface area (Å²) >= 11 is 3.37. The topological polar surface area (TPSA) is 99.6 Å². The number of aryl methyl sites for hydroxylation is 1. The van der Waals surface area contributed by atoms with E-state index in [0.717, 1.165) is 10.0 Å². The van der Waals surface area contributed by atoms with Gasteiger partial charge < -0.3 is 4.74 Å². The van der Waals surface area contributed by atoms with Crippen LogP contribution in [0.5, 0.6) is 5.75 Å². The minimum atomic E-state index is -0.436. The predicted octanol–water partition coefficient (Wildman–Crippen LogP) is 4.84. The first-order valence-corrected chi connectivity index (χ1v) is 10.4. The zero-order chi connectivity index (χ0) is 22.7. The van der Waals surface area contributed by atoms with E-state index in [2.05, 4.69) is 26.0 Å². The zero-order valence-electron chi connectivity index (χ0n) is 16.9. The summed E-state index contributed by atoms with van der Waals surface area (Å²) in [4.78, 5) is 27.7. The number of nitro groups is 1. The monoisotopic (exact) mass is 492 g/mol. The molecular formula is C23H17BrN4O4. The van der Waals surface area contributed by atoms with Crippen molar-refractivity contribution in [3.8, 4) is 5.75 Å². The van der Waals surface area contributed by atoms with Crippen LogP contribution in [0.3, 0.4) is 0 Å². The highest BCUT2D eigenvalue weighted by atomic mass is 79.9. The lowest BCUT2D eigenvalue weighted by Crippen LogP contribution is -2.20. The summed E-state index contributed by atoms with van der Waals surface area (Å²) < 4.78 is 7.77. The number of nitro benzene ring substituents is 1. The van der Waals surface area contributed by atoms with Gasteiger partial charge in [0.15, 0.2) is 0 Å². The van der Waals surface area contributed by atoms with E-state index in [9.17, 15) is 14.9 Å². The van der Waals surface area contributed by atoms with Crippen LogP contribution in [0.2, 0.25) is 0 Å². The maximum absolute atomic E-state index is 12.8. The van der Waals surface area contributed by atoms with Crippen molar-refractivity contribution in [2.75, 3.05) is 0 Å². The minimum Gasteiger partial charge on any atom is -0.489 e. The molecule has 9 heteroatoms. The largest absolute Gasteiger partial charge is 0.489 e. The first-order valence-electron chi connectivity index (χ1n) is 9.60. The normalized spacial score (nSPS) is 11.2. The van der Waals surface area contributed by atoms with Gasteiger partial charge in [-0.15, -0.1) is 0 Å². The van der Waals surface area contributed by atoms with E-state index in [1.807, 2.05) is 6.07 Å². The van der Waals surface area contributed by atoms with E-state index < -0.39 is 4.92 Å².